The Bertz CT molecular complexity index is 1630. The average molecular weight is 567 g/mol. The molecule has 1 heterocycles. The Morgan fingerprint density at radius 1 is 1.03 bits per heavy atom. The largest absolute Gasteiger partial charge is 0.492 e. The van der Waals surface area contributed by atoms with E-state index in [4.69, 9.17) is 16.3 Å². The fraction of sp³-hybridized carbons (Fsp3) is 0.138. The molecule has 200 valence electrons. The van der Waals surface area contributed by atoms with E-state index in [9.17, 15) is 22.7 Å². The lowest BCUT2D eigenvalue weighted by atomic mass is 10.0. The van der Waals surface area contributed by atoms with Crippen molar-refractivity contribution >= 4 is 39.0 Å². The molecule has 0 bridgehead atoms. The molecule has 0 saturated carbocycles. The van der Waals surface area contributed by atoms with E-state index in [2.05, 4.69) is 0 Å². The van der Waals surface area contributed by atoms with Gasteiger partial charge in [0, 0.05) is 24.8 Å². The molecule has 1 aliphatic rings. The molecule has 0 radical (unpaired) electrons. The fourth-order valence-electron chi connectivity index (χ4n) is 4.53. The maximum absolute atomic E-state index is 14.1. The van der Waals surface area contributed by atoms with Crippen molar-refractivity contribution in [1.29, 1.82) is 0 Å². The van der Waals surface area contributed by atoms with Crippen LogP contribution in [-0.2, 0) is 10.0 Å². The number of benzene rings is 4. The van der Waals surface area contributed by atoms with Gasteiger partial charge in [0.2, 0.25) is 10.0 Å². The summed E-state index contributed by atoms with van der Waals surface area (Å²) in [6.45, 7) is 0.368. The van der Waals surface area contributed by atoms with E-state index in [1.54, 1.807) is 18.2 Å². The summed E-state index contributed by atoms with van der Waals surface area (Å²) in [6, 6.07) is 24.4. The summed E-state index contributed by atoms with van der Waals surface area (Å²) >= 11 is 6.68. The van der Waals surface area contributed by atoms with Gasteiger partial charge < -0.3 is 14.7 Å². The van der Waals surface area contributed by atoms with Crippen molar-refractivity contribution in [3.8, 4) is 16.9 Å². The number of hydrogen-bond donors (Lipinski definition) is 1. The highest BCUT2D eigenvalue weighted by Crippen LogP contribution is 2.42. The van der Waals surface area contributed by atoms with Crippen molar-refractivity contribution in [2.24, 2.45) is 0 Å². The number of hydrogen-bond acceptors (Lipinski definition) is 5. The number of halogens is 2. The number of rotatable bonds is 6. The Balaban J connectivity index is 1.65. The van der Waals surface area contributed by atoms with Gasteiger partial charge >= 0.3 is 5.97 Å². The van der Waals surface area contributed by atoms with Gasteiger partial charge in [0.25, 0.3) is 0 Å². The van der Waals surface area contributed by atoms with Crippen LogP contribution in [0.25, 0.3) is 11.1 Å². The molecule has 10 heteroatoms. The van der Waals surface area contributed by atoms with Crippen molar-refractivity contribution in [2.75, 3.05) is 25.1 Å². The molecule has 7 nitrogen and oxygen atoms in total. The van der Waals surface area contributed by atoms with Crippen molar-refractivity contribution in [3.05, 3.63) is 107 Å². The van der Waals surface area contributed by atoms with Crippen molar-refractivity contribution < 1.29 is 27.4 Å². The molecular formula is C29H24ClFN2O5S. The first-order chi connectivity index (χ1) is 18.7. The van der Waals surface area contributed by atoms with Crippen molar-refractivity contribution in [1.82, 2.24) is 4.31 Å². The number of carboxylic acid groups (broad SMARTS) is 1. The standard InChI is InChI=1S/C29H24ClFN2O5S/c1-32-21(18-38-22-10-6-3-7-11-22)17-33(20-8-4-2-5-9-20)27-16-25(30)23(15-28(27)39(32,36)37)19-12-13-26(31)24(14-19)29(34)35/h2-16,21H,17-18H2,1H3,(H,34,35)/t21-/m0/s1. The molecule has 1 atom stereocenters. The van der Waals surface area contributed by atoms with Crippen LogP contribution >= 0.6 is 11.6 Å². The molecule has 0 aliphatic carbocycles. The highest BCUT2D eigenvalue weighted by atomic mass is 35.5. The number of aromatic carboxylic acids is 1. The number of likely N-dealkylation sites (N-methyl/N-ethyl adjacent to an activating group) is 1. The Hall–Kier alpha value is -3.92. The van der Waals surface area contributed by atoms with Gasteiger partial charge in [-0.25, -0.2) is 17.6 Å². The first-order valence-corrected chi connectivity index (χ1v) is 13.8. The average Bonchev–Trinajstić information content (AvgIpc) is 3.01. The fourth-order valence-corrected chi connectivity index (χ4v) is 6.33. The number of para-hydroxylation sites is 2. The van der Waals surface area contributed by atoms with Gasteiger partial charge in [-0.3, -0.25) is 0 Å². The van der Waals surface area contributed by atoms with Crippen LogP contribution in [0.5, 0.6) is 5.75 Å². The Kier molecular flexibility index (Phi) is 7.31. The van der Waals surface area contributed by atoms with Crippen molar-refractivity contribution in [3.63, 3.8) is 0 Å². The van der Waals surface area contributed by atoms with Gasteiger partial charge in [-0.1, -0.05) is 54.1 Å². The lowest BCUT2D eigenvalue weighted by molar-refractivity contribution is 0.0692. The highest BCUT2D eigenvalue weighted by molar-refractivity contribution is 7.89. The molecule has 1 aliphatic heterocycles. The number of nitrogens with zero attached hydrogens (tertiary/aromatic N) is 2. The summed E-state index contributed by atoms with van der Waals surface area (Å²) in [5.74, 6) is -1.72. The van der Waals surface area contributed by atoms with E-state index in [1.807, 2.05) is 53.4 Å². The van der Waals surface area contributed by atoms with Gasteiger partial charge in [-0.2, -0.15) is 4.31 Å². The molecule has 4 aromatic rings. The molecule has 1 N–H and O–H groups in total. The monoisotopic (exact) mass is 566 g/mol. The van der Waals surface area contributed by atoms with Crippen LogP contribution in [0.4, 0.5) is 15.8 Å². The second kappa shape index (κ2) is 10.7. The minimum absolute atomic E-state index is 0.0170. The van der Waals surface area contributed by atoms with Crippen LogP contribution in [-0.4, -0.2) is 50.0 Å². The van der Waals surface area contributed by atoms with Crippen LogP contribution in [0.15, 0.2) is 95.9 Å². The zero-order valence-corrected chi connectivity index (χ0v) is 22.4. The maximum Gasteiger partial charge on any atom is 0.338 e. The molecule has 0 spiro atoms. The number of anilines is 2. The predicted octanol–water partition coefficient (Wildman–Crippen LogP) is 6.06. The quantitative estimate of drug-likeness (QED) is 0.305. The number of fused-ring (bicyclic) bond motifs is 1. The third-order valence-corrected chi connectivity index (χ3v) is 8.92. The van der Waals surface area contributed by atoms with Crippen LogP contribution in [0.2, 0.25) is 5.02 Å². The first kappa shape index (κ1) is 26.7. The number of sulfonamides is 1. The molecule has 5 rings (SSSR count). The minimum Gasteiger partial charge on any atom is -0.492 e. The van der Waals surface area contributed by atoms with Crippen LogP contribution in [0.3, 0.4) is 0 Å². The third-order valence-electron chi connectivity index (χ3n) is 6.67. The molecule has 4 aromatic carbocycles. The Labute approximate surface area is 230 Å². The second-order valence-electron chi connectivity index (χ2n) is 9.04. The van der Waals surface area contributed by atoms with Crippen LogP contribution in [0, 0.1) is 5.82 Å². The normalized spacial score (nSPS) is 16.8. The molecule has 0 saturated heterocycles. The van der Waals surface area contributed by atoms with E-state index in [0.29, 0.717) is 11.4 Å². The minimum atomic E-state index is -4.07. The number of ether oxygens (including phenoxy) is 1. The molecule has 39 heavy (non-hydrogen) atoms. The van der Waals surface area contributed by atoms with E-state index in [-0.39, 0.29) is 34.2 Å². The molecule has 0 aromatic heterocycles. The summed E-state index contributed by atoms with van der Waals surface area (Å²) in [6.07, 6.45) is 0. The second-order valence-corrected chi connectivity index (χ2v) is 11.4. The Morgan fingerprint density at radius 2 is 1.69 bits per heavy atom. The van der Waals surface area contributed by atoms with E-state index >= 15 is 0 Å². The van der Waals surface area contributed by atoms with Crippen LogP contribution < -0.4 is 9.64 Å². The summed E-state index contributed by atoms with van der Waals surface area (Å²) < 4.78 is 49.3. The van der Waals surface area contributed by atoms with Crippen LogP contribution in [0.1, 0.15) is 10.4 Å². The maximum atomic E-state index is 14.1. The van der Waals surface area contributed by atoms with Gasteiger partial charge in [-0.15, -0.1) is 0 Å². The van der Waals surface area contributed by atoms with E-state index < -0.39 is 33.4 Å². The topological polar surface area (TPSA) is 87.2 Å². The summed E-state index contributed by atoms with van der Waals surface area (Å²) in [7, 11) is -2.57. The predicted molar refractivity (Wildman–Crippen MR) is 148 cm³/mol. The summed E-state index contributed by atoms with van der Waals surface area (Å²) in [5.41, 5.74) is 1.13. The van der Waals surface area contributed by atoms with E-state index in [0.717, 1.165) is 17.8 Å². The van der Waals surface area contributed by atoms with Gasteiger partial charge in [0.1, 0.15) is 23.1 Å². The summed E-state index contributed by atoms with van der Waals surface area (Å²) in [5, 5.41) is 9.57. The smallest absolute Gasteiger partial charge is 0.338 e. The SMILES string of the molecule is CN1[C@H](COc2ccccc2)CN(c2ccccc2)c2cc(Cl)c(-c3ccc(F)c(C(=O)O)c3)cc2S1(=O)=O. The first-order valence-electron chi connectivity index (χ1n) is 12.0. The number of carbonyl (C=O) groups is 1. The molecule has 0 fully saturated rings. The lowest BCUT2D eigenvalue weighted by Gasteiger charge is -2.29. The number of carboxylic acids is 1. The molecule has 0 unspecified atom stereocenters. The lowest BCUT2D eigenvalue weighted by Crippen LogP contribution is -2.44. The molecular weight excluding hydrogens is 543 g/mol. The highest BCUT2D eigenvalue weighted by Gasteiger charge is 2.38. The van der Waals surface area contributed by atoms with E-state index in [1.165, 1.54) is 23.5 Å². The molecule has 0 amide bonds. The van der Waals surface area contributed by atoms with Gasteiger partial charge in [-0.05, 0) is 54.1 Å². The Morgan fingerprint density at radius 3 is 2.36 bits per heavy atom. The zero-order valence-electron chi connectivity index (χ0n) is 20.8. The van der Waals surface area contributed by atoms with Crippen molar-refractivity contribution in [2.45, 2.75) is 10.9 Å². The third kappa shape index (κ3) is 5.21. The van der Waals surface area contributed by atoms with Gasteiger partial charge in [0.05, 0.1) is 22.3 Å². The van der Waals surface area contributed by atoms with Gasteiger partial charge in [0.15, 0.2) is 0 Å². The summed E-state index contributed by atoms with van der Waals surface area (Å²) in [4.78, 5) is 13.4. The zero-order chi connectivity index (χ0) is 27.7.